The van der Waals surface area contributed by atoms with Gasteiger partial charge in [-0.2, -0.15) is 5.26 Å². The van der Waals surface area contributed by atoms with Crippen LogP contribution in [0.2, 0.25) is 5.02 Å². The van der Waals surface area contributed by atoms with E-state index < -0.39 is 0 Å². The molecule has 2 saturated heterocycles. The van der Waals surface area contributed by atoms with Crippen molar-refractivity contribution in [2.45, 2.75) is 26.2 Å². The summed E-state index contributed by atoms with van der Waals surface area (Å²) in [6, 6.07) is 3.80. The van der Waals surface area contributed by atoms with Gasteiger partial charge in [0, 0.05) is 55.5 Å². The Bertz CT molecular complexity index is 938. The average molecular weight is 381 g/mol. The Morgan fingerprint density at radius 1 is 1.07 bits per heavy atom. The molecule has 7 heteroatoms. The third-order valence-electron chi connectivity index (χ3n) is 6.06. The number of hydrogen-bond acceptors (Lipinski definition) is 6. The normalized spacial score (nSPS) is 23.4. The van der Waals surface area contributed by atoms with Crippen molar-refractivity contribution in [3.05, 3.63) is 39.9 Å². The van der Waals surface area contributed by atoms with E-state index >= 15 is 0 Å². The largest absolute Gasteiger partial charge is 0.356 e. The Morgan fingerprint density at radius 2 is 1.78 bits per heavy atom. The maximum Gasteiger partial charge on any atom is 0.147 e. The minimum atomic E-state index is 0.502. The molecule has 5 rings (SSSR count). The molecule has 2 atom stereocenters. The van der Waals surface area contributed by atoms with Crippen molar-refractivity contribution in [1.82, 2.24) is 15.0 Å². The number of anilines is 2. The SMILES string of the molecule is Cc1nc2c(c(N3CC4CN(c5ncc(C#N)cc5Cl)CC4C3)n1)CCC2. The second kappa shape index (κ2) is 6.35. The highest BCUT2D eigenvalue weighted by atomic mass is 35.5. The Hall–Kier alpha value is -2.39. The molecule has 2 fully saturated rings. The van der Waals surface area contributed by atoms with Gasteiger partial charge in [-0.3, -0.25) is 0 Å². The van der Waals surface area contributed by atoms with Crippen LogP contribution in [0.15, 0.2) is 12.3 Å². The zero-order valence-corrected chi connectivity index (χ0v) is 16.1. The molecule has 27 heavy (non-hydrogen) atoms. The number of rotatable bonds is 2. The Kier molecular flexibility index (Phi) is 3.94. The van der Waals surface area contributed by atoms with E-state index in [0.717, 1.165) is 50.7 Å². The molecule has 2 aromatic heterocycles. The lowest BCUT2D eigenvalue weighted by atomic mass is 10.0. The average Bonchev–Trinajstić information content (AvgIpc) is 3.34. The predicted molar refractivity (Wildman–Crippen MR) is 104 cm³/mol. The summed E-state index contributed by atoms with van der Waals surface area (Å²) in [5.74, 6) is 4.04. The van der Waals surface area contributed by atoms with E-state index in [1.165, 1.54) is 23.5 Å². The molecular formula is C20H21ClN6. The van der Waals surface area contributed by atoms with Crippen LogP contribution >= 0.6 is 11.6 Å². The van der Waals surface area contributed by atoms with Gasteiger partial charge in [-0.15, -0.1) is 0 Å². The van der Waals surface area contributed by atoms with Crippen LogP contribution in [0.25, 0.3) is 0 Å². The lowest BCUT2D eigenvalue weighted by Crippen LogP contribution is -2.30. The van der Waals surface area contributed by atoms with E-state index in [2.05, 4.69) is 25.8 Å². The number of halogens is 1. The van der Waals surface area contributed by atoms with Gasteiger partial charge in [0.2, 0.25) is 0 Å². The standard InChI is InChI=1S/C20H21ClN6/c1-12-24-18-4-2-3-16(18)19(25-12)26-8-14-10-27(11-15(14)9-26)20-17(21)5-13(6-22)7-23-20/h5,7,14-15H,2-4,8-11H2,1H3. The maximum absolute atomic E-state index is 8.99. The van der Waals surface area contributed by atoms with Crippen molar-refractivity contribution in [3.8, 4) is 6.07 Å². The minimum Gasteiger partial charge on any atom is -0.356 e. The maximum atomic E-state index is 8.99. The molecule has 3 aliphatic rings. The van der Waals surface area contributed by atoms with Gasteiger partial charge in [-0.05, 0) is 32.3 Å². The smallest absolute Gasteiger partial charge is 0.147 e. The molecular weight excluding hydrogens is 360 g/mol. The number of fused-ring (bicyclic) bond motifs is 2. The summed E-state index contributed by atoms with van der Waals surface area (Å²) in [5, 5.41) is 9.56. The molecule has 0 radical (unpaired) electrons. The van der Waals surface area contributed by atoms with Crippen molar-refractivity contribution in [2.24, 2.45) is 11.8 Å². The quantitative estimate of drug-likeness (QED) is 0.798. The van der Waals surface area contributed by atoms with Crippen LogP contribution < -0.4 is 9.80 Å². The summed E-state index contributed by atoms with van der Waals surface area (Å²) >= 11 is 6.37. The number of hydrogen-bond donors (Lipinski definition) is 0. The third kappa shape index (κ3) is 2.81. The fourth-order valence-corrected chi connectivity index (χ4v) is 5.14. The fourth-order valence-electron chi connectivity index (χ4n) is 4.86. The first-order chi connectivity index (χ1) is 13.1. The highest BCUT2D eigenvalue weighted by Gasteiger charge is 2.42. The highest BCUT2D eigenvalue weighted by molar-refractivity contribution is 6.33. The van der Waals surface area contributed by atoms with Crippen LogP contribution in [0.1, 0.15) is 29.1 Å². The van der Waals surface area contributed by atoms with Gasteiger partial charge in [-0.1, -0.05) is 11.6 Å². The van der Waals surface area contributed by atoms with E-state index in [1.807, 2.05) is 6.92 Å². The van der Waals surface area contributed by atoms with E-state index in [-0.39, 0.29) is 0 Å². The van der Waals surface area contributed by atoms with Gasteiger partial charge < -0.3 is 9.80 Å². The van der Waals surface area contributed by atoms with Crippen molar-refractivity contribution in [1.29, 1.82) is 5.26 Å². The van der Waals surface area contributed by atoms with E-state index in [1.54, 1.807) is 12.3 Å². The predicted octanol–water partition coefficient (Wildman–Crippen LogP) is 2.77. The van der Waals surface area contributed by atoms with Gasteiger partial charge in [0.1, 0.15) is 23.5 Å². The summed E-state index contributed by atoms with van der Waals surface area (Å²) in [5.41, 5.74) is 3.13. The van der Waals surface area contributed by atoms with Gasteiger partial charge in [0.05, 0.1) is 10.6 Å². The first-order valence-corrected chi connectivity index (χ1v) is 9.92. The Balaban J connectivity index is 1.34. The van der Waals surface area contributed by atoms with Gasteiger partial charge in [0.25, 0.3) is 0 Å². The number of pyridine rings is 1. The first kappa shape index (κ1) is 16.8. The van der Waals surface area contributed by atoms with Crippen LogP contribution in [0, 0.1) is 30.1 Å². The van der Waals surface area contributed by atoms with Crippen LogP contribution in [-0.4, -0.2) is 41.1 Å². The molecule has 138 valence electrons. The second-order valence-corrected chi connectivity index (χ2v) is 8.25. The lowest BCUT2D eigenvalue weighted by molar-refractivity contribution is 0.533. The summed E-state index contributed by atoms with van der Waals surface area (Å²) in [7, 11) is 0. The van der Waals surface area contributed by atoms with Crippen molar-refractivity contribution in [2.75, 3.05) is 36.0 Å². The molecule has 0 saturated carbocycles. The van der Waals surface area contributed by atoms with Crippen molar-refractivity contribution < 1.29 is 0 Å². The Labute approximate surface area is 163 Å². The molecule has 0 aromatic carbocycles. The summed E-state index contributed by atoms with van der Waals surface area (Å²) < 4.78 is 0. The van der Waals surface area contributed by atoms with Crippen molar-refractivity contribution >= 4 is 23.2 Å². The van der Waals surface area contributed by atoms with Gasteiger partial charge in [-0.25, -0.2) is 15.0 Å². The van der Waals surface area contributed by atoms with Crippen LogP contribution in [-0.2, 0) is 12.8 Å². The highest BCUT2D eigenvalue weighted by Crippen LogP contribution is 2.39. The topological polar surface area (TPSA) is 68.9 Å². The molecule has 6 nitrogen and oxygen atoms in total. The van der Waals surface area contributed by atoms with E-state index in [9.17, 15) is 0 Å². The molecule has 2 unspecified atom stereocenters. The summed E-state index contributed by atoms with van der Waals surface area (Å²) in [6.45, 7) is 5.95. The zero-order chi connectivity index (χ0) is 18.5. The molecule has 2 aliphatic heterocycles. The van der Waals surface area contributed by atoms with E-state index in [4.69, 9.17) is 21.8 Å². The molecule has 4 heterocycles. The van der Waals surface area contributed by atoms with E-state index in [0.29, 0.717) is 22.4 Å². The molecule has 0 N–H and O–H groups in total. The van der Waals surface area contributed by atoms with Gasteiger partial charge in [0.15, 0.2) is 0 Å². The number of aryl methyl sites for hydroxylation is 2. The number of aromatic nitrogens is 3. The second-order valence-electron chi connectivity index (χ2n) is 7.84. The molecule has 0 spiro atoms. The lowest BCUT2D eigenvalue weighted by Gasteiger charge is -2.25. The van der Waals surface area contributed by atoms with Crippen LogP contribution in [0.4, 0.5) is 11.6 Å². The molecule has 0 amide bonds. The summed E-state index contributed by atoms with van der Waals surface area (Å²) in [4.78, 5) is 18.6. The Morgan fingerprint density at radius 3 is 2.44 bits per heavy atom. The van der Waals surface area contributed by atoms with Crippen LogP contribution in [0.5, 0.6) is 0 Å². The molecule has 0 bridgehead atoms. The van der Waals surface area contributed by atoms with Crippen molar-refractivity contribution in [3.63, 3.8) is 0 Å². The number of nitriles is 1. The fraction of sp³-hybridized carbons (Fsp3) is 0.500. The van der Waals surface area contributed by atoms with Crippen LogP contribution in [0.3, 0.4) is 0 Å². The van der Waals surface area contributed by atoms with Gasteiger partial charge >= 0.3 is 0 Å². The minimum absolute atomic E-state index is 0.502. The molecule has 1 aliphatic carbocycles. The summed E-state index contributed by atoms with van der Waals surface area (Å²) in [6.07, 6.45) is 4.99. The first-order valence-electron chi connectivity index (χ1n) is 9.54. The third-order valence-corrected chi connectivity index (χ3v) is 6.34. The zero-order valence-electron chi connectivity index (χ0n) is 15.3. The monoisotopic (exact) mass is 380 g/mol. The molecule has 2 aromatic rings. The number of nitrogens with zero attached hydrogens (tertiary/aromatic N) is 6.